The predicted octanol–water partition coefficient (Wildman–Crippen LogP) is 15.6. The van der Waals surface area contributed by atoms with Gasteiger partial charge in [0.2, 0.25) is 0 Å². The molecule has 0 saturated heterocycles. The standard InChI is InChI=1S/C59H48N2O/c1-36-31-44-42-34-43-40-21-12-15-26-52(40)62-53(43)35-50(42)60(39-27-28-45-48(33-39)58(4,5)30-29-57(45,2)3)56-41-22-16-24-47-55(41)61(51(32-36)54(44)56)49-25-14-13-23-46(49)59(47,37-17-8-6-9-18-37)38-19-10-7-11-20-38/h6-28,31-35,56H,29-30H2,1-5H3. The number of para-hydroxylation sites is 3. The largest absolute Gasteiger partial charge is 0.456 e. The van der Waals surface area contributed by atoms with E-state index in [0.29, 0.717) is 0 Å². The smallest absolute Gasteiger partial charge is 0.137 e. The van der Waals surface area contributed by atoms with Crippen molar-refractivity contribution in [1.29, 1.82) is 0 Å². The third kappa shape index (κ3) is 4.61. The van der Waals surface area contributed by atoms with Crippen LogP contribution in [0.3, 0.4) is 0 Å². The first kappa shape index (κ1) is 35.9. The number of anilines is 5. The van der Waals surface area contributed by atoms with Crippen LogP contribution in [0.15, 0.2) is 174 Å². The van der Waals surface area contributed by atoms with E-state index in [1.165, 1.54) is 96.1 Å². The molecule has 62 heavy (non-hydrogen) atoms. The summed E-state index contributed by atoms with van der Waals surface area (Å²) in [6.07, 6.45) is 2.34. The fourth-order valence-corrected chi connectivity index (χ4v) is 12.2. The van der Waals surface area contributed by atoms with E-state index in [4.69, 9.17) is 4.42 Å². The lowest BCUT2D eigenvalue weighted by atomic mass is 9.61. The molecule has 0 fully saturated rings. The molecule has 0 saturated carbocycles. The normalized spacial score (nSPS) is 18.1. The molecule has 300 valence electrons. The van der Waals surface area contributed by atoms with Gasteiger partial charge >= 0.3 is 0 Å². The minimum Gasteiger partial charge on any atom is -0.456 e. The van der Waals surface area contributed by atoms with Crippen LogP contribution in [0.25, 0.3) is 33.1 Å². The first-order valence-electron chi connectivity index (χ1n) is 22.3. The van der Waals surface area contributed by atoms with Gasteiger partial charge in [-0.05, 0) is 112 Å². The highest BCUT2D eigenvalue weighted by Gasteiger charge is 2.52. The van der Waals surface area contributed by atoms with E-state index in [0.717, 1.165) is 28.4 Å². The molecule has 9 aromatic rings. The number of aryl methyl sites for hydroxylation is 1. The fraction of sp³-hybridized carbons (Fsp3) is 0.186. The molecule has 0 spiro atoms. The summed E-state index contributed by atoms with van der Waals surface area (Å²) in [5, 5.41) is 2.30. The highest BCUT2D eigenvalue weighted by atomic mass is 16.3. The Morgan fingerprint density at radius 3 is 1.95 bits per heavy atom. The van der Waals surface area contributed by atoms with Gasteiger partial charge in [0.05, 0.1) is 34.2 Å². The molecule has 0 radical (unpaired) electrons. The molecule has 13 rings (SSSR count). The van der Waals surface area contributed by atoms with Crippen molar-refractivity contribution in [2.45, 2.75) is 69.7 Å². The van der Waals surface area contributed by atoms with Gasteiger partial charge in [-0.3, -0.25) is 0 Å². The molecule has 0 amide bonds. The maximum atomic E-state index is 6.73. The van der Waals surface area contributed by atoms with E-state index in [-0.39, 0.29) is 16.9 Å². The second kappa shape index (κ2) is 12.4. The molecular weight excluding hydrogens is 753 g/mol. The molecule has 1 aromatic heterocycles. The van der Waals surface area contributed by atoms with Crippen molar-refractivity contribution in [2.75, 3.05) is 9.80 Å². The van der Waals surface area contributed by atoms with Crippen LogP contribution in [0.5, 0.6) is 0 Å². The van der Waals surface area contributed by atoms with Crippen LogP contribution >= 0.6 is 0 Å². The zero-order chi connectivity index (χ0) is 41.7. The summed E-state index contributed by atoms with van der Waals surface area (Å²) in [6, 6.07) is 64.2. The lowest BCUT2D eigenvalue weighted by Crippen LogP contribution is -2.42. The van der Waals surface area contributed by atoms with Crippen LogP contribution in [0.1, 0.15) is 96.6 Å². The van der Waals surface area contributed by atoms with Crippen molar-refractivity contribution in [3.8, 4) is 11.1 Å². The minimum absolute atomic E-state index is 0.0479. The van der Waals surface area contributed by atoms with Crippen LogP contribution in [-0.2, 0) is 16.2 Å². The third-order valence-corrected chi connectivity index (χ3v) is 15.2. The summed E-state index contributed by atoms with van der Waals surface area (Å²) in [5.41, 5.74) is 22.0. The van der Waals surface area contributed by atoms with E-state index in [2.05, 4.69) is 214 Å². The van der Waals surface area contributed by atoms with Gasteiger partial charge in [0.25, 0.3) is 0 Å². The molecule has 8 aromatic carbocycles. The number of hydrogen-bond acceptors (Lipinski definition) is 3. The molecule has 1 atom stereocenters. The first-order chi connectivity index (χ1) is 30.1. The maximum Gasteiger partial charge on any atom is 0.137 e. The molecule has 3 nitrogen and oxygen atoms in total. The monoisotopic (exact) mass is 800 g/mol. The highest BCUT2D eigenvalue weighted by molar-refractivity contribution is 6.11. The van der Waals surface area contributed by atoms with Crippen molar-refractivity contribution < 1.29 is 4.42 Å². The Balaban J connectivity index is 1.18. The van der Waals surface area contributed by atoms with Crippen molar-refractivity contribution >= 4 is 50.4 Å². The lowest BCUT2D eigenvalue weighted by molar-refractivity contribution is 0.332. The number of nitrogens with zero attached hydrogens (tertiary/aromatic N) is 2. The molecule has 1 unspecified atom stereocenters. The van der Waals surface area contributed by atoms with E-state index in [9.17, 15) is 0 Å². The maximum absolute atomic E-state index is 6.73. The molecular formula is C59H48N2O. The van der Waals surface area contributed by atoms with Gasteiger partial charge in [0, 0.05) is 39.2 Å². The Kier molecular flexibility index (Phi) is 7.17. The second-order valence-corrected chi connectivity index (χ2v) is 19.6. The quantitative estimate of drug-likeness (QED) is 0.177. The Hall–Kier alpha value is -6.84. The van der Waals surface area contributed by atoms with Gasteiger partial charge in [-0.15, -0.1) is 0 Å². The number of rotatable bonds is 3. The van der Waals surface area contributed by atoms with Crippen molar-refractivity contribution in [2.24, 2.45) is 0 Å². The van der Waals surface area contributed by atoms with Gasteiger partial charge in [-0.2, -0.15) is 0 Å². The minimum atomic E-state index is -0.565. The van der Waals surface area contributed by atoms with Crippen LogP contribution in [0, 0.1) is 6.92 Å². The average molecular weight is 801 g/mol. The molecule has 0 bridgehead atoms. The Morgan fingerprint density at radius 2 is 1.18 bits per heavy atom. The topological polar surface area (TPSA) is 19.6 Å². The van der Waals surface area contributed by atoms with Crippen LogP contribution < -0.4 is 9.80 Å². The van der Waals surface area contributed by atoms with Crippen LogP contribution in [-0.4, -0.2) is 0 Å². The summed E-state index contributed by atoms with van der Waals surface area (Å²) in [6.45, 7) is 12.0. The third-order valence-electron chi connectivity index (χ3n) is 15.2. The predicted molar refractivity (Wildman–Crippen MR) is 256 cm³/mol. The fourth-order valence-electron chi connectivity index (χ4n) is 12.2. The Bertz CT molecular complexity index is 3300. The molecule has 3 heteroatoms. The summed E-state index contributed by atoms with van der Waals surface area (Å²) in [5.74, 6) is 0. The Morgan fingerprint density at radius 1 is 0.500 bits per heavy atom. The van der Waals surface area contributed by atoms with E-state index >= 15 is 0 Å². The molecule has 0 N–H and O–H groups in total. The van der Waals surface area contributed by atoms with Gasteiger partial charge in [-0.25, -0.2) is 0 Å². The highest BCUT2D eigenvalue weighted by Crippen LogP contribution is 2.66. The summed E-state index contributed by atoms with van der Waals surface area (Å²) >= 11 is 0. The Labute approximate surface area is 363 Å². The van der Waals surface area contributed by atoms with E-state index in [1.807, 2.05) is 0 Å². The molecule has 4 aliphatic rings. The molecule has 1 aliphatic carbocycles. The average Bonchev–Trinajstić information content (AvgIpc) is 3.66. The van der Waals surface area contributed by atoms with E-state index in [1.54, 1.807) is 0 Å². The SMILES string of the molecule is Cc1cc2c3c(c1)N1c4ccccc4C(c4ccccc4)(c4ccccc4)c4cccc(c41)C3N(c1ccc3c(c1)C(C)(C)CCC3(C)C)c1cc3oc4ccccc4c3cc1-2. The van der Waals surface area contributed by atoms with Crippen molar-refractivity contribution in [1.82, 2.24) is 0 Å². The first-order valence-corrected chi connectivity index (χ1v) is 22.3. The van der Waals surface area contributed by atoms with Crippen LogP contribution in [0.4, 0.5) is 28.4 Å². The van der Waals surface area contributed by atoms with Gasteiger partial charge in [-0.1, -0.05) is 155 Å². The summed E-state index contributed by atoms with van der Waals surface area (Å²) in [7, 11) is 0. The molecule has 4 heterocycles. The number of benzene rings is 8. The van der Waals surface area contributed by atoms with Crippen molar-refractivity contribution in [3.63, 3.8) is 0 Å². The van der Waals surface area contributed by atoms with Gasteiger partial charge < -0.3 is 14.2 Å². The zero-order valence-electron chi connectivity index (χ0n) is 36.0. The zero-order valence-corrected chi connectivity index (χ0v) is 36.0. The molecule has 3 aliphatic heterocycles. The number of hydrogen-bond donors (Lipinski definition) is 0. The van der Waals surface area contributed by atoms with Gasteiger partial charge in [0.15, 0.2) is 0 Å². The lowest BCUT2D eigenvalue weighted by Gasteiger charge is -2.53. The van der Waals surface area contributed by atoms with Gasteiger partial charge in [0.1, 0.15) is 11.2 Å². The number of furan rings is 1. The van der Waals surface area contributed by atoms with Crippen molar-refractivity contribution in [3.05, 3.63) is 220 Å². The summed E-state index contributed by atoms with van der Waals surface area (Å²) in [4.78, 5) is 5.31. The summed E-state index contributed by atoms with van der Waals surface area (Å²) < 4.78 is 6.73. The number of fused-ring (bicyclic) bond motifs is 10. The van der Waals surface area contributed by atoms with Crippen LogP contribution in [0.2, 0.25) is 0 Å². The second-order valence-electron chi connectivity index (χ2n) is 19.6. The van der Waals surface area contributed by atoms with E-state index < -0.39 is 5.41 Å².